The van der Waals surface area contributed by atoms with Crippen LogP contribution in [-0.2, 0) is 43.2 Å². The molecule has 11 rings (SSSR count). The molecule has 3 aliphatic heterocycles. The second-order valence-electron chi connectivity index (χ2n) is 21.1. The van der Waals surface area contributed by atoms with Gasteiger partial charge in [0.05, 0.1) is 25.4 Å². The summed E-state index contributed by atoms with van der Waals surface area (Å²) in [5.74, 6) is -0.809. The average molecular weight is 965 g/mol. The molecule has 4 aromatic carbocycles. The molecule has 0 saturated heterocycles. The average Bonchev–Trinajstić information content (AvgIpc) is 3.88. The van der Waals surface area contributed by atoms with Crippen LogP contribution in [0.1, 0.15) is 152 Å². The summed E-state index contributed by atoms with van der Waals surface area (Å²) in [5.41, 5.74) is 5.87. The molecule has 1 spiro atoms. The lowest BCUT2D eigenvalue weighted by Crippen LogP contribution is -2.62. The molecule has 5 aromatic rings. The highest BCUT2D eigenvalue weighted by molar-refractivity contribution is 5.90. The monoisotopic (exact) mass is 964 g/mol. The molecule has 11 nitrogen and oxygen atoms in total. The molecule has 0 radical (unpaired) electrons. The molecular formula is C60H68O11. The van der Waals surface area contributed by atoms with Gasteiger partial charge in [0.2, 0.25) is 0 Å². The number of rotatable bonds is 10. The van der Waals surface area contributed by atoms with Gasteiger partial charge in [0, 0.05) is 48.5 Å². The van der Waals surface area contributed by atoms with Crippen molar-refractivity contribution in [1.29, 1.82) is 0 Å². The fourth-order valence-corrected chi connectivity index (χ4v) is 13.6. The van der Waals surface area contributed by atoms with Crippen LogP contribution in [0.4, 0.5) is 0 Å². The van der Waals surface area contributed by atoms with Crippen molar-refractivity contribution in [2.24, 2.45) is 17.8 Å². The normalized spacial score (nSPS) is 27.7. The summed E-state index contributed by atoms with van der Waals surface area (Å²) < 4.78 is 33.0. The van der Waals surface area contributed by atoms with Crippen molar-refractivity contribution in [3.8, 4) is 5.75 Å². The minimum atomic E-state index is -1.26. The summed E-state index contributed by atoms with van der Waals surface area (Å²) in [5, 5.41) is 32.1. The molecule has 4 heterocycles. The third-order valence-corrected chi connectivity index (χ3v) is 17.1. The van der Waals surface area contributed by atoms with Crippen molar-refractivity contribution in [3.05, 3.63) is 157 Å². The zero-order valence-corrected chi connectivity index (χ0v) is 41.1. The maximum atomic E-state index is 15.3. The number of methoxy groups -OCH3 is 1. The van der Waals surface area contributed by atoms with Crippen LogP contribution >= 0.6 is 0 Å². The molecule has 374 valence electrons. The molecule has 3 N–H and O–H groups in total. The Kier molecular flexibility index (Phi) is 14.7. The van der Waals surface area contributed by atoms with E-state index in [-0.39, 0.29) is 73.0 Å². The SMILES string of the molecule is COCC(CCO)c1c(CO)c2ccc3c(c2oc1=O)C1OC(=O)CC2CC(c4cccc(Cc5ccccc5)c4)CCC2c2ccc(cc2)CCC(=C(C)CO)C(=O)OC1C1(CCCC2CCCC21)O3. The van der Waals surface area contributed by atoms with Gasteiger partial charge in [0.25, 0.3) is 0 Å². The van der Waals surface area contributed by atoms with Crippen LogP contribution in [0, 0.1) is 17.8 Å². The molecule has 2 bridgehead atoms. The molecule has 6 aliphatic rings. The third-order valence-electron chi connectivity index (χ3n) is 17.1. The van der Waals surface area contributed by atoms with E-state index in [1.54, 1.807) is 19.1 Å². The number of fused-ring (bicyclic) bond motifs is 13. The lowest BCUT2D eigenvalue weighted by molar-refractivity contribution is -0.212. The molecule has 11 heteroatoms. The van der Waals surface area contributed by atoms with Gasteiger partial charge in [0.1, 0.15) is 11.3 Å². The summed E-state index contributed by atoms with van der Waals surface area (Å²) in [6.07, 6.45) is 7.34. The van der Waals surface area contributed by atoms with Gasteiger partial charge >= 0.3 is 17.6 Å². The van der Waals surface area contributed by atoms with Crippen LogP contribution in [-0.4, -0.2) is 65.9 Å². The topological polar surface area (TPSA) is 162 Å². The number of esters is 2. The van der Waals surface area contributed by atoms with Crippen LogP contribution in [0.2, 0.25) is 0 Å². The second-order valence-corrected chi connectivity index (χ2v) is 21.1. The van der Waals surface area contributed by atoms with Crippen LogP contribution in [0.5, 0.6) is 5.75 Å². The zero-order valence-electron chi connectivity index (χ0n) is 41.1. The van der Waals surface area contributed by atoms with Crippen LogP contribution in [0.25, 0.3) is 11.0 Å². The number of aliphatic hydroxyl groups is 3. The number of carbonyl (C=O) groups excluding carboxylic acids is 2. The Labute approximate surface area is 416 Å². The van der Waals surface area contributed by atoms with Crippen molar-refractivity contribution in [2.75, 3.05) is 26.9 Å². The smallest absolute Gasteiger partial charge is 0.340 e. The van der Waals surface area contributed by atoms with Gasteiger partial charge in [-0.1, -0.05) is 91.7 Å². The van der Waals surface area contributed by atoms with Crippen molar-refractivity contribution >= 4 is 22.9 Å². The minimum absolute atomic E-state index is 0.0224. The first-order valence-corrected chi connectivity index (χ1v) is 26.1. The Balaban J connectivity index is 1.11. The highest BCUT2D eigenvalue weighted by Crippen LogP contribution is 2.58. The Morgan fingerprint density at radius 3 is 2.39 bits per heavy atom. The van der Waals surface area contributed by atoms with Gasteiger partial charge in [-0.2, -0.15) is 0 Å². The summed E-state index contributed by atoms with van der Waals surface area (Å²) in [6, 6.07) is 31.5. The minimum Gasteiger partial charge on any atom is -0.482 e. The second kappa shape index (κ2) is 21.2. The highest BCUT2D eigenvalue weighted by atomic mass is 16.6. The van der Waals surface area contributed by atoms with Gasteiger partial charge in [-0.25, -0.2) is 9.59 Å². The Morgan fingerprint density at radius 2 is 1.62 bits per heavy atom. The number of aliphatic hydroxyl groups excluding tert-OH is 3. The lowest BCUT2D eigenvalue weighted by atomic mass is 9.65. The Bertz CT molecular complexity index is 2810. The van der Waals surface area contributed by atoms with Gasteiger partial charge in [-0.15, -0.1) is 0 Å². The van der Waals surface area contributed by atoms with E-state index in [2.05, 4.69) is 72.8 Å². The van der Waals surface area contributed by atoms with Crippen LogP contribution in [0.15, 0.2) is 111 Å². The van der Waals surface area contributed by atoms with E-state index in [0.717, 1.165) is 68.9 Å². The summed E-state index contributed by atoms with van der Waals surface area (Å²) in [6.45, 7) is 0.769. The fraction of sp³-hybridized carbons (Fsp3) is 0.483. The fourth-order valence-electron chi connectivity index (χ4n) is 13.6. The Morgan fingerprint density at radius 1 is 0.817 bits per heavy atom. The molecule has 0 amide bonds. The van der Waals surface area contributed by atoms with Gasteiger partial charge < -0.3 is 38.7 Å². The maximum Gasteiger partial charge on any atom is 0.340 e. The molecule has 3 saturated carbocycles. The molecule has 3 fully saturated rings. The van der Waals surface area contributed by atoms with Crippen LogP contribution in [0.3, 0.4) is 0 Å². The molecule has 9 atom stereocenters. The summed E-state index contributed by atoms with van der Waals surface area (Å²) >= 11 is 0. The first-order valence-electron chi connectivity index (χ1n) is 26.1. The molecule has 3 aliphatic carbocycles. The number of aryl methyl sites for hydroxylation is 1. The van der Waals surface area contributed by atoms with Gasteiger partial charge in [0.15, 0.2) is 17.8 Å². The van der Waals surface area contributed by atoms with Crippen molar-refractivity contribution < 1.29 is 48.3 Å². The number of hydrogen-bond acceptors (Lipinski definition) is 11. The lowest BCUT2D eigenvalue weighted by Gasteiger charge is -2.53. The molecule has 9 unspecified atom stereocenters. The number of ether oxygens (including phenoxy) is 4. The zero-order chi connectivity index (χ0) is 49.2. The number of carbonyl (C=O) groups is 2. The van der Waals surface area contributed by atoms with E-state index in [1.165, 1.54) is 23.8 Å². The van der Waals surface area contributed by atoms with E-state index in [4.69, 9.17) is 23.4 Å². The molecule has 1 aromatic heterocycles. The summed E-state index contributed by atoms with van der Waals surface area (Å²) in [7, 11) is 1.51. The standard InChI is InChI=1S/C60H68O11/c1-36(33-62)46-22-18-37-16-19-40(20-17-37)47-23-21-43(42-13-6-11-39(30-42)29-38-9-4-3-5-10-38)31-45(47)32-52(64)68-56-54-51(71-60(57(56)70-58(46)65)27-8-14-41-12-7-15-50(41)60)25-24-48-49(34-63)53(59(66)69-55(48)54)44(26-28-61)35-67-2/h3-6,9-11,13,16-17,19-20,24-25,30,41,43-45,47,50,56-57,61-63H,7-8,12,14-15,18,21-23,26-29,31-35H2,1-2H3. The predicted octanol–water partition coefficient (Wildman–Crippen LogP) is 10.2. The van der Waals surface area contributed by atoms with Crippen molar-refractivity contribution in [2.45, 2.75) is 139 Å². The van der Waals surface area contributed by atoms with E-state index >= 15 is 9.59 Å². The van der Waals surface area contributed by atoms with E-state index < -0.39 is 47.9 Å². The predicted molar refractivity (Wildman–Crippen MR) is 269 cm³/mol. The molecular weight excluding hydrogens is 897 g/mol. The van der Waals surface area contributed by atoms with Crippen LogP contribution < -0.4 is 10.4 Å². The largest absolute Gasteiger partial charge is 0.482 e. The van der Waals surface area contributed by atoms with Gasteiger partial charge in [-0.05, 0) is 152 Å². The first-order chi connectivity index (χ1) is 34.6. The summed E-state index contributed by atoms with van der Waals surface area (Å²) in [4.78, 5) is 44.8. The Hall–Kier alpha value is -5.59. The van der Waals surface area contributed by atoms with E-state index in [1.807, 2.05) is 6.07 Å². The molecule has 71 heavy (non-hydrogen) atoms. The maximum absolute atomic E-state index is 15.3. The van der Waals surface area contributed by atoms with E-state index in [0.29, 0.717) is 53.0 Å². The van der Waals surface area contributed by atoms with Gasteiger partial charge in [-0.3, -0.25) is 4.79 Å². The quantitative estimate of drug-likeness (QED) is 0.0694. The van der Waals surface area contributed by atoms with Crippen molar-refractivity contribution in [3.63, 3.8) is 0 Å². The first kappa shape index (κ1) is 49.0. The number of benzene rings is 4. The highest BCUT2D eigenvalue weighted by Gasteiger charge is 2.62. The number of hydrogen-bond donors (Lipinski definition) is 3. The third kappa shape index (κ3) is 9.63. The van der Waals surface area contributed by atoms with Crippen molar-refractivity contribution in [1.82, 2.24) is 0 Å². The van der Waals surface area contributed by atoms with E-state index in [9.17, 15) is 20.1 Å².